The van der Waals surface area contributed by atoms with Gasteiger partial charge in [-0.05, 0) is 50.6 Å². The molecule has 0 fully saturated rings. The third kappa shape index (κ3) is 4.24. The lowest BCUT2D eigenvalue weighted by Crippen LogP contribution is -2.10. The smallest absolute Gasteiger partial charge is 0.338 e. The number of imidazole rings is 1. The van der Waals surface area contributed by atoms with Crippen LogP contribution in [-0.2, 0) is 11.3 Å². The topological polar surface area (TPSA) is 89.3 Å². The van der Waals surface area contributed by atoms with E-state index in [0.717, 1.165) is 30.6 Å². The molecule has 3 aromatic rings. The molecule has 0 radical (unpaired) electrons. The number of esters is 1. The van der Waals surface area contributed by atoms with Crippen molar-refractivity contribution < 1.29 is 14.6 Å². The Bertz CT molecular complexity index is 981. The van der Waals surface area contributed by atoms with Gasteiger partial charge in [0.1, 0.15) is 11.4 Å². The summed E-state index contributed by atoms with van der Waals surface area (Å²) in [5.41, 5.74) is 3.43. The van der Waals surface area contributed by atoms with Gasteiger partial charge in [-0.2, -0.15) is 0 Å². The first-order chi connectivity index (χ1) is 13.5. The number of pyridine rings is 1. The van der Waals surface area contributed by atoms with Crippen LogP contribution < -0.4 is 5.32 Å². The molecular weight excluding hydrogens is 356 g/mol. The number of aromatic hydroxyl groups is 1. The quantitative estimate of drug-likeness (QED) is 0.454. The predicted molar refractivity (Wildman–Crippen MR) is 109 cm³/mol. The summed E-state index contributed by atoms with van der Waals surface area (Å²) in [4.78, 5) is 21.2. The molecule has 0 aliphatic heterocycles. The minimum atomic E-state index is -0.363. The van der Waals surface area contributed by atoms with Crippen LogP contribution in [0.1, 0.15) is 48.4 Å². The summed E-state index contributed by atoms with van der Waals surface area (Å²) < 4.78 is 7.06. The average molecular weight is 382 g/mol. The molecule has 0 aliphatic rings. The zero-order valence-corrected chi connectivity index (χ0v) is 16.5. The molecule has 0 aliphatic carbocycles. The molecular formula is C21H26N4O3. The molecule has 0 bridgehead atoms. The Kier molecular flexibility index (Phi) is 6.13. The molecule has 1 aromatic carbocycles. The summed E-state index contributed by atoms with van der Waals surface area (Å²) in [6.45, 7) is 7.29. The van der Waals surface area contributed by atoms with Crippen LogP contribution in [0.2, 0.25) is 0 Å². The third-order valence-electron chi connectivity index (χ3n) is 4.47. The van der Waals surface area contributed by atoms with Crippen molar-refractivity contribution in [1.29, 1.82) is 0 Å². The fourth-order valence-corrected chi connectivity index (χ4v) is 3.01. The Balaban J connectivity index is 2.02. The van der Waals surface area contributed by atoms with Crippen LogP contribution in [0.5, 0.6) is 5.75 Å². The lowest BCUT2D eigenvalue weighted by atomic mass is 10.2. The zero-order chi connectivity index (χ0) is 20.1. The second kappa shape index (κ2) is 8.73. The summed E-state index contributed by atoms with van der Waals surface area (Å²) >= 11 is 0. The number of hydrogen-bond acceptors (Lipinski definition) is 6. The first-order valence-electron chi connectivity index (χ1n) is 9.60. The number of aryl methyl sites for hydroxylation is 1. The van der Waals surface area contributed by atoms with Gasteiger partial charge in [0, 0.05) is 12.2 Å². The molecule has 0 saturated carbocycles. The van der Waals surface area contributed by atoms with E-state index in [2.05, 4.69) is 22.2 Å². The lowest BCUT2D eigenvalue weighted by Gasteiger charge is -2.12. The van der Waals surface area contributed by atoms with E-state index in [1.54, 1.807) is 31.2 Å². The van der Waals surface area contributed by atoms with Crippen LogP contribution >= 0.6 is 0 Å². The van der Waals surface area contributed by atoms with Gasteiger partial charge in [-0.1, -0.05) is 13.3 Å². The average Bonchev–Trinajstić information content (AvgIpc) is 3.02. The monoisotopic (exact) mass is 382 g/mol. The van der Waals surface area contributed by atoms with E-state index in [1.807, 2.05) is 17.6 Å². The molecule has 0 spiro atoms. The Morgan fingerprint density at radius 1 is 1.21 bits per heavy atom. The molecule has 2 N–H and O–H groups in total. The van der Waals surface area contributed by atoms with Gasteiger partial charge in [-0.25, -0.2) is 9.78 Å². The highest BCUT2D eigenvalue weighted by Crippen LogP contribution is 2.25. The molecule has 28 heavy (non-hydrogen) atoms. The highest BCUT2D eigenvalue weighted by molar-refractivity contribution is 5.94. The van der Waals surface area contributed by atoms with E-state index in [9.17, 15) is 9.90 Å². The predicted octanol–water partition coefficient (Wildman–Crippen LogP) is 3.88. The normalized spacial score (nSPS) is 11.0. The van der Waals surface area contributed by atoms with Crippen LogP contribution in [0.4, 0.5) is 5.95 Å². The number of ether oxygens (including phenoxy) is 1. The van der Waals surface area contributed by atoms with Crippen LogP contribution in [0.25, 0.3) is 11.0 Å². The molecule has 148 valence electrons. The minimum absolute atomic E-state index is 0.148. The molecule has 2 heterocycles. The summed E-state index contributed by atoms with van der Waals surface area (Å²) in [6.07, 6.45) is 2.09. The summed E-state index contributed by atoms with van der Waals surface area (Å²) in [7, 11) is 0. The van der Waals surface area contributed by atoms with Crippen molar-refractivity contribution in [2.24, 2.45) is 0 Å². The van der Waals surface area contributed by atoms with Crippen molar-refractivity contribution in [2.45, 2.75) is 40.2 Å². The number of aromatic nitrogens is 3. The molecule has 3 rings (SSSR count). The Labute approximate surface area is 164 Å². The van der Waals surface area contributed by atoms with E-state index in [-0.39, 0.29) is 11.7 Å². The van der Waals surface area contributed by atoms with E-state index in [1.165, 1.54) is 0 Å². The second-order valence-electron chi connectivity index (χ2n) is 6.64. The highest BCUT2D eigenvalue weighted by Gasteiger charge is 2.16. The fraction of sp³-hybridized carbons (Fsp3) is 0.381. The SMILES string of the molecule is CCCCNc1nc2cc(C(=O)OCC)ccc2n1Cc1nc(C)ccc1O. The standard InChI is InChI=1S/C21H26N4O3/c1-4-6-11-22-21-24-16-12-15(20(27)28-5-2)8-9-18(16)25(21)13-17-19(26)10-7-14(3)23-17/h7-10,12,26H,4-6,11,13H2,1-3H3,(H,22,24). The summed E-state index contributed by atoms with van der Waals surface area (Å²) in [5.74, 6) is 0.472. The van der Waals surface area contributed by atoms with Crippen LogP contribution in [0.3, 0.4) is 0 Å². The van der Waals surface area contributed by atoms with Gasteiger partial charge < -0.3 is 19.7 Å². The van der Waals surface area contributed by atoms with E-state index < -0.39 is 0 Å². The number of unbranched alkanes of at least 4 members (excludes halogenated alkanes) is 1. The van der Waals surface area contributed by atoms with Crippen molar-refractivity contribution in [1.82, 2.24) is 14.5 Å². The molecule has 7 heteroatoms. The van der Waals surface area contributed by atoms with Crippen LogP contribution in [-0.4, -0.2) is 38.8 Å². The van der Waals surface area contributed by atoms with Crippen molar-refractivity contribution in [3.05, 3.63) is 47.3 Å². The van der Waals surface area contributed by atoms with Gasteiger partial charge >= 0.3 is 5.97 Å². The van der Waals surface area contributed by atoms with Gasteiger partial charge in [0.05, 0.1) is 29.7 Å². The maximum atomic E-state index is 12.0. The number of anilines is 1. The molecule has 0 atom stereocenters. The number of rotatable bonds is 8. The van der Waals surface area contributed by atoms with E-state index >= 15 is 0 Å². The van der Waals surface area contributed by atoms with Gasteiger partial charge in [0.15, 0.2) is 0 Å². The first-order valence-corrected chi connectivity index (χ1v) is 9.60. The van der Waals surface area contributed by atoms with Gasteiger partial charge in [-0.15, -0.1) is 0 Å². The first kappa shape index (κ1) is 19.7. The van der Waals surface area contributed by atoms with E-state index in [0.29, 0.717) is 35.9 Å². The van der Waals surface area contributed by atoms with Gasteiger partial charge in [0.2, 0.25) is 5.95 Å². The zero-order valence-electron chi connectivity index (χ0n) is 16.5. The maximum Gasteiger partial charge on any atom is 0.338 e. The Hall–Kier alpha value is -3.09. The molecule has 0 saturated heterocycles. The largest absolute Gasteiger partial charge is 0.506 e. The highest BCUT2D eigenvalue weighted by atomic mass is 16.5. The fourth-order valence-electron chi connectivity index (χ4n) is 3.01. The number of benzene rings is 1. The van der Waals surface area contributed by atoms with Gasteiger partial charge in [0.25, 0.3) is 0 Å². The lowest BCUT2D eigenvalue weighted by molar-refractivity contribution is 0.0526. The maximum absolute atomic E-state index is 12.0. The number of nitrogens with one attached hydrogen (secondary N) is 1. The molecule has 7 nitrogen and oxygen atoms in total. The molecule has 2 aromatic heterocycles. The van der Waals surface area contributed by atoms with Crippen molar-refractivity contribution in [3.63, 3.8) is 0 Å². The number of hydrogen-bond donors (Lipinski definition) is 2. The Morgan fingerprint density at radius 3 is 2.79 bits per heavy atom. The number of fused-ring (bicyclic) bond motifs is 1. The third-order valence-corrected chi connectivity index (χ3v) is 4.47. The Morgan fingerprint density at radius 2 is 2.04 bits per heavy atom. The summed E-state index contributed by atoms with van der Waals surface area (Å²) in [5, 5.41) is 13.6. The van der Waals surface area contributed by atoms with Crippen LogP contribution in [0.15, 0.2) is 30.3 Å². The number of carbonyl (C=O) groups excluding carboxylic acids is 1. The van der Waals surface area contributed by atoms with E-state index in [4.69, 9.17) is 4.74 Å². The summed E-state index contributed by atoms with van der Waals surface area (Å²) in [6, 6.07) is 8.75. The van der Waals surface area contributed by atoms with Crippen molar-refractivity contribution >= 4 is 23.0 Å². The number of nitrogens with zero attached hydrogens (tertiary/aromatic N) is 3. The van der Waals surface area contributed by atoms with Crippen molar-refractivity contribution in [3.8, 4) is 5.75 Å². The molecule has 0 amide bonds. The number of carbonyl (C=O) groups is 1. The van der Waals surface area contributed by atoms with Gasteiger partial charge in [-0.3, -0.25) is 4.98 Å². The van der Waals surface area contributed by atoms with Crippen molar-refractivity contribution in [2.75, 3.05) is 18.5 Å². The van der Waals surface area contributed by atoms with Crippen LogP contribution in [0, 0.1) is 6.92 Å². The second-order valence-corrected chi connectivity index (χ2v) is 6.64. The molecule has 0 unspecified atom stereocenters. The minimum Gasteiger partial charge on any atom is -0.506 e.